The summed E-state index contributed by atoms with van der Waals surface area (Å²) in [5.74, 6) is 2.22. The van der Waals surface area contributed by atoms with Crippen molar-refractivity contribution in [2.75, 3.05) is 12.3 Å². The first-order valence-electron chi connectivity index (χ1n) is 5.81. The van der Waals surface area contributed by atoms with Crippen LogP contribution in [-0.4, -0.2) is 40.2 Å². The molecule has 2 amide bonds. The topological polar surface area (TPSA) is 78.4 Å². The number of urea groups is 1. The number of carboxylic acids is 1. The number of nitrogens with one attached hydrogen (secondary N) is 2. The van der Waals surface area contributed by atoms with Crippen LogP contribution in [0.5, 0.6) is 0 Å². The molecule has 1 rings (SSSR count). The van der Waals surface area contributed by atoms with Gasteiger partial charge in [-0.05, 0) is 25.5 Å². The van der Waals surface area contributed by atoms with Crippen LogP contribution in [0, 0.1) is 12.3 Å². The molecular formula is C12H18N2O3S. The third-order valence-electron chi connectivity index (χ3n) is 2.85. The van der Waals surface area contributed by atoms with E-state index in [-0.39, 0.29) is 11.2 Å². The molecule has 1 aliphatic heterocycles. The van der Waals surface area contributed by atoms with Crippen molar-refractivity contribution in [3.63, 3.8) is 0 Å². The fraction of sp³-hybridized carbons (Fsp3) is 0.667. The van der Waals surface area contributed by atoms with Gasteiger partial charge in [0.25, 0.3) is 0 Å². The molecule has 100 valence electrons. The maximum Gasteiger partial charge on any atom is 0.327 e. The van der Waals surface area contributed by atoms with Crippen molar-refractivity contribution in [2.24, 2.45) is 0 Å². The zero-order valence-corrected chi connectivity index (χ0v) is 11.2. The molecule has 1 heterocycles. The Kier molecular flexibility index (Phi) is 5.35. The molecular weight excluding hydrogens is 252 g/mol. The molecule has 18 heavy (non-hydrogen) atoms. The Balaban J connectivity index is 2.36. The summed E-state index contributed by atoms with van der Waals surface area (Å²) in [6.07, 6.45) is 7.24. The number of amides is 2. The lowest BCUT2D eigenvalue weighted by atomic mass is 10.1. The smallest absolute Gasteiger partial charge is 0.327 e. The maximum absolute atomic E-state index is 11.6. The summed E-state index contributed by atoms with van der Waals surface area (Å²) in [4.78, 5) is 22.4. The SMILES string of the molecule is C#CCC(NC(=O)NCC1(C)CCCS1)C(=O)O. The highest BCUT2D eigenvalue weighted by Gasteiger charge is 2.30. The van der Waals surface area contributed by atoms with E-state index in [1.165, 1.54) is 0 Å². The maximum atomic E-state index is 11.6. The van der Waals surface area contributed by atoms with Gasteiger partial charge in [0.1, 0.15) is 6.04 Å². The summed E-state index contributed by atoms with van der Waals surface area (Å²) < 4.78 is 0.0577. The summed E-state index contributed by atoms with van der Waals surface area (Å²) >= 11 is 1.83. The van der Waals surface area contributed by atoms with Crippen LogP contribution in [0.2, 0.25) is 0 Å². The van der Waals surface area contributed by atoms with Crippen LogP contribution in [0.3, 0.4) is 0 Å². The van der Waals surface area contributed by atoms with E-state index < -0.39 is 18.0 Å². The number of carbonyl (C=O) groups is 2. The molecule has 5 nitrogen and oxygen atoms in total. The summed E-state index contributed by atoms with van der Waals surface area (Å²) in [5.41, 5.74) is 0. The normalized spacial score (nSPS) is 24.0. The molecule has 0 aromatic heterocycles. The van der Waals surface area contributed by atoms with Crippen molar-refractivity contribution >= 4 is 23.8 Å². The lowest BCUT2D eigenvalue weighted by Gasteiger charge is -2.23. The molecule has 1 aliphatic rings. The highest BCUT2D eigenvalue weighted by Crippen LogP contribution is 2.36. The second kappa shape index (κ2) is 6.55. The number of rotatable bonds is 5. The third-order valence-corrected chi connectivity index (χ3v) is 4.39. The predicted octanol–water partition coefficient (Wildman–Crippen LogP) is 1.05. The summed E-state index contributed by atoms with van der Waals surface area (Å²) in [6.45, 7) is 2.63. The van der Waals surface area contributed by atoms with Crippen molar-refractivity contribution in [1.29, 1.82) is 0 Å². The van der Waals surface area contributed by atoms with Gasteiger partial charge in [-0.2, -0.15) is 11.8 Å². The van der Waals surface area contributed by atoms with Crippen LogP contribution in [0.4, 0.5) is 4.79 Å². The molecule has 0 aliphatic carbocycles. The zero-order valence-electron chi connectivity index (χ0n) is 10.4. The van der Waals surface area contributed by atoms with Crippen LogP contribution in [0.1, 0.15) is 26.2 Å². The van der Waals surface area contributed by atoms with Gasteiger partial charge in [-0.1, -0.05) is 0 Å². The molecule has 2 atom stereocenters. The standard InChI is InChI=1S/C12H18N2O3S/c1-3-5-9(10(15)16)14-11(17)13-8-12(2)6-4-7-18-12/h1,9H,4-8H2,2H3,(H,15,16)(H2,13,14,17). The Hall–Kier alpha value is -1.35. The molecule has 0 bridgehead atoms. The minimum absolute atomic E-state index is 0.0191. The number of terminal acetylenes is 1. The fourth-order valence-electron chi connectivity index (χ4n) is 1.77. The van der Waals surface area contributed by atoms with Crippen LogP contribution >= 0.6 is 11.8 Å². The Morgan fingerprint density at radius 3 is 2.83 bits per heavy atom. The first-order valence-corrected chi connectivity index (χ1v) is 6.80. The van der Waals surface area contributed by atoms with Gasteiger partial charge in [-0.3, -0.25) is 0 Å². The lowest BCUT2D eigenvalue weighted by molar-refractivity contribution is -0.139. The van der Waals surface area contributed by atoms with Gasteiger partial charge in [-0.25, -0.2) is 9.59 Å². The molecule has 0 saturated carbocycles. The van der Waals surface area contributed by atoms with E-state index in [0.29, 0.717) is 6.54 Å². The fourth-order valence-corrected chi connectivity index (χ4v) is 3.02. The van der Waals surface area contributed by atoms with Crippen LogP contribution in [0.25, 0.3) is 0 Å². The van der Waals surface area contributed by atoms with E-state index in [0.717, 1.165) is 18.6 Å². The van der Waals surface area contributed by atoms with E-state index >= 15 is 0 Å². The molecule has 6 heteroatoms. The van der Waals surface area contributed by atoms with Gasteiger partial charge >= 0.3 is 12.0 Å². The summed E-state index contributed by atoms with van der Waals surface area (Å²) in [6, 6.07) is -1.51. The van der Waals surface area contributed by atoms with Gasteiger partial charge in [0.05, 0.1) is 0 Å². The Labute approximate surface area is 111 Å². The number of hydrogen-bond acceptors (Lipinski definition) is 3. The van der Waals surface area contributed by atoms with Gasteiger partial charge in [0, 0.05) is 17.7 Å². The van der Waals surface area contributed by atoms with Crippen LogP contribution < -0.4 is 10.6 Å². The Bertz CT molecular complexity index is 359. The number of carbonyl (C=O) groups excluding carboxylic acids is 1. The molecule has 2 unspecified atom stereocenters. The van der Waals surface area contributed by atoms with E-state index in [4.69, 9.17) is 11.5 Å². The second-order valence-corrected chi connectivity index (χ2v) is 6.21. The van der Waals surface area contributed by atoms with Crippen molar-refractivity contribution in [2.45, 2.75) is 37.0 Å². The molecule has 1 saturated heterocycles. The second-order valence-electron chi connectivity index (χ2n) is 4.53. The molecule has 0 radical (unpaired) electrons. The van der Waals surface area contributed by atoms with E-state index in [9.17, 15) is 9.59 Å². The third kappa shape index (κ3) is 4.49. The van der Waals surface area contributed by atoms with Crippen LogP contribution in [0.15, 0.2) is 0 Å². The Morgan fingerprint density at radius 1 is 1.61 bits per heavy atom. The number of hydrogen-bond donors (Lipinski definition) is 3. The Morgan fingerprint density at radius 2 is 2.33 bits per heavy atom. The van der Waals surface area contributed by atoms with Crippen molar-refractivity contribution < 1.29 is 14.7 Å². The van der Waals surface area contributed by atoms with Crippen molar-refractivity contribution in [3.8, 4) is 12.3 Å². The summed E-state index contributed by atoms with van der Waals surface area (Å²) in [5, 5.41) is 13.9. The highest BCUT2D eigenvalue weighted by molar-refractivity contribution is 8.00. The minimum Gasteiger partial charge on any atom is -0.480 e. The van der Waals surface area contributed by atoms with E-state index in [2.05, 4.69) is 23.5 Å². The van der Waals surface area contributed by atoms with Crippen molar-refractivity contribution in [3.05, 3.63) is 0 Å². The quantitative estimate of drug-likeness (QED) is 0.652. The lowest BCUT2D eigenvalue weighted by Crippen LogP contribution is -2.48. The minimum atomic E-state index is -1.12. The van der Waals surface area contributed by atoms with Gasteiger partial charge in [-0.15, -0.1) is 12.3 Å². The average Bonchev–Trinajstić information content (AvgIpc) is 2.73. The largest absolute Gasteiger partial charge is 0.480 e. The zero-order chi connectivity index (χ0) is 13.6. The number of carboxylic acid groups (broad SMARTS) is 1. The number of aliphatic carboxylic acids is 1. The first kappa shape index (κ1) is 14.7. The molecule has 1 fully saturated rings. The van der Waals surface area contributed by atoms with Gasteiger partial charge in [0.15, 0.2) is 0 Å². The molecule has 3 N–H and O–H groups in total. The highest BCUT2D eigenvalue weighted by atomic mass is 32.2. The van der Waals surface area contributed by atoms with Crippen molar-refractivity contribution in [1.82, 2.24) is 10.6 Å². The molecule has 0 aromatic rings. The van der Waals surface area contributed by atoms with Gasteiger partial charge < -0.3 is 15.7 Å². The monoisotopic (exact) mass is 270 g/mol. The number of thioether (sulfide) groups is 1. The summed E-state index contributed by atoms with van der Waals surface area (Å²) in [7, 11) is 0. The molecule has 0 aromatic carbocycles. The molecule has 0 spiro atoms. The predicted molar refractivity (Wildman–Crippen MR) is 71.5 cm³/mol. The first-order chi connectivity index (χ1) is 8.47. The van der Waals surface area contributed by atoms with Crippen LogP contribution in [-0.2, 0) is 4.79 Å². The average molecular weight is 270 g/mol. The van der Waals surface area contributed by atoms with E-state index in [1.54, 1.807) is 0 Å². The van der Waals surface area contributed by atoms with Gasteiger partial charge in [0.2, 0.25) is 0 Å². The van der Waals surface area contributed by atoms with E-state index in [1.807, 2.05) is 11.8 Å².